The van der Waals surface area contributed by atoms with Crippen molar-refractivity contribution in [3.8, 4) is 23.0 Å². The minimum atomic E-state index is -0.573. The molecule has 0 saturated heterocycles. The van der Waals surface area contributed by atoms with Crippen LogP contribution in [0.3, 0.4) is 0 Å². The monoisotopic (exact) mass is 344 g/mol. The molecule has 3 rings (SSSR count). The molecular formula is C14H16N8O3. The van der Waals surface area contributed by atoms with E-state index < -0.39 is 11.7 Å². The fourth-order valence-corrected chi connectivity index (χ4v) is 1.83. The van der Waals surface area contributed by atoms with Crippen molar-refractivity contribution in [2.75, 3.05) is 0 Å². The van der Waals surface area contributed by atoms with E-state index in [1.165, 1.54) is 0 Å². The van der Waals surface area contributed by atoms with Crippen LogP contribution in [0.25, 0.3) is 23.0 Å². The summed E-state index contributed by atoms with van der Waals surface area (Å²) in [4.78, 5) is 20.0. The Hall–Kier alpha value is -3.37. The number of pyridine rings is 1. The lowest BCUT2D eigenvalue weighted by molar-refractivity contribution is 0.0522. The molecule has 25 heavy (non-hydrogen) atoms. The number of alkyl carbamates (subject to hydrolysis) is 1. The second-order valence-corrected chi connectivity index (χ2v) is 6.04. The Morgan fingerprint density at radius 1 is 1.36 bits per heavy atom. The number of aromatic nitrogens is 7. The molecule has 0 aliphatic carbocycles. The van der Waals surface area contributed by atoms with Gasteiger partial charge in [0, 0.05) is 11.8 Å². The van der Waals surface area contributed by atoms with Gasteiger partial charge in [-0.2, -0.15) is 10.2 Å². The fourth-order valence-electron chi connectivity index (χ4n) is 1.83. The lowest BCUT2D eigenvalue weighted by Gasteiger charge is -2.19. The van der Waals surface area contributed by atoms with Gasteiger partial charge in [0.15, 0.2) is 5.82 Å². The van der Waals surface area contributed by atoms with Gasteiger partial charge >= 0.3 is 6.09 Å². The number of ether oxygens (including phenoxy) is 1. The molecule has 0 unspecified atom stereocenters. The summed E-state index contributed by atoms with van der Waals surface area (Å²) in [5, 5.41) is 19.9. The summed E-state index contributed by atoms with van der Waals surface area (Å²) in [6.07, 6.45) is 1.02. The summed E-state index contributed by atoms with van der Waals surface area (Å²) in [5.74, 6) is 0.984. The molecule has 130 valence electrons. The van der Waals surface area contributed by atoms with E-state index in [-0.39, 0.29) is 12.4 Å². The Bertz CT molecular complexity index is 836. The molecule has 11 nitrogen and oxygen atoms in total. The van der Waals surface area contributed by atoms with E-state index in [2.05, 4.69) is 41.1 Å². The van der Waals surface area contributed by atoms with Crippen molar-refractivity contribution < 1.29 is 14.1 Å². The molecule has 0 radical (unpaired) electrons. The number of carbonyl (C=O) groups is 1. The first kappa shape index (κ1) is 16.5. The van der Waals surface area contributed by atoms with Crippen molar-refractivity contribution in [1.82, 2.24) is 41.1 Å². The zero-order chi connectivity index (χ0) is 17.9. The molecule has 2 N–H and O–H groups in total. The lowest BCUT2D eigenvalue weighted by atomic mass is 10.2. The average molecular weight is 344 g/mol. The standard InChI is InChI=1S/C14H16N8O3/c1-14(2,3)24-13(23)16-7-10-17-12(25-20-10)9-5-4-8(6-15-9)11-18-21-22-19-11/h4-6H,7H2,1-3H3,(H,16,23)(H,18,19,21,22). The number of nitrogens with zero attached hydrogens (tertiary/aromatic N) is 6. The summed E-state index contributed by atoms with van der Waals surface area (Å²) in [5.41, 5.74) is 0.615. The number of hydrogen-bond acceptors (Lipinski definition) is 9. The SMILES string of the molecule is CC(C)(C)OC(=O)NCc1noc(-c2ccc(-c3nn[nH]n3)cn2)n1. The second kappa shape index (κ2) is 6.63. The highest BCUT2D eigenvalue weighted by Gasteiger charge is 2.17. The number of rotatable bonds is 4. The second-order valence-electron chi connectivity index (χ2n) is 6.04. The quantitative estimate of drug-likeness (QED) is 0.716. The van der Waals surface area contributed by atoms with Gasteiger partial charge in [0.25, 0.3) is 5.89 Å². The maximum atomic E-state index is 11.6. The first-order chi connectivity index (χ1) is 11.9. The third-order valence-corrected chi connectivity index (χ3v) is 2.84. The first-order valence-electron chi connectivity index (χ1n) is 7.40. The molecule has 0 aromatic carbocycles. The molecule has 0 aliphatic rings. The third kappa shape index (κ3) is 4.34. The van der Waals surface area contributed by atoms with Crippen LogP contribution in [-0.2, 0) is 11.3 Å². The fraction of sp³-hybridized carbons (Fsp3) is 0.357. The van der Waals surface area contributed by atoms with Gasteiger partial charge in [-0.3, -0.25) is 4.98 Å². The zero-order valence-corrected chi connectivity index (χ0v) is 13.8. The molecule has 3 aromatic heterocycles. The van der Waals surface area contributed by atoms with Crippen LogP contribution in [0, 0.1) is 0 Å². The molecule has 0 spiro atoms. The average Bonchev–Trinajstić information content (AvgIpc) is 3.23. The Morgan fingerprint density at radius 3 is 2.84 bits per heavy atom. The van der Waals surface area contributed by atoms with Crippen LogP contribution in [0.4, 0.5) is 4.79 Å². The van der Waals surface area contributed by atoms with Crippen LogP contribution in [-0.4, -0.2) is 47.4 Å². The Labute approximate surface area is 142 Å². The van der Waals surface area contributed by atoms with E-state index in [4.69, 9.17) is 9.26 Å². The molecule has 0 bridgehead atoms. The van der Waals surface area contributed by atoms with Gasteiger partial charge in [0.1, 0.15) is 11.3 Å². The summed E-state index contributed by atoms with van der Waals surface area (Å²) in [6.45, 7) is 5.42. The van der Waals surface area contributed by atoms with E-state index in [9.17, 15) is 4.79 Å². The van der Waals surface area contributed by atoms with Gasteiger partial charge in [-0.15, -0.1) is 10.2 Å². The van der Waals surface area contributed by atoms with Crippen LogP contribution < -0.4 is 5.32 Å². The van der Waals surface area contributed by atoms with E-state index in [1.807, 2.05) is 0 Å². The van der Waals surface area contributed by atoms with Crippen LogP contribution in [0.2, 0.25) is 0 Å². The molecule has 0 fully saturated rings. The van der Waals surface area contributed by atoms with Crippen LogP contribution in [0.15, 0.2) is 22.9 Å². The number of H-pyrrole nitrogens is 1. The van der Waals surface area contributed by atoms with E-state index in [0.717, 1.165) is 0 Å². The molecule has 3 heterocycles. The molecular weight excluding hydrogens is 328 g/mol. The number of tetrazole rings is 1. The minimum Gasteiger partial charge on any atom is -0.444 e. The topological polar surface area (TPSA) is 145 Å². The third-order valence-electron chi connectivity index (χ3n) is 2.84. The van der Waals surface area contributed by atoms with Crippen molar-refractivity contribution in [2.24, 2.45) is 0 Å². The largest absolute Gasteiger partial charge is 0.444 e. The maximum Gasteiger partial charge on any atom is 0.408 e. The predicted molar refractivity (Wildman–Crippen MR) is 83.8 cm³/mol. The van der Waals surface area contributed by atoms with Gasteiger partial charge in [0.2, 0.25) is 5.82 Å². The van der Waals surface area contributed by atoms with Crippen molar-refractivity contribution in [3.63, 3.8) is 0 Å². The van der Waals surface area contributed by atoms with Crippen LogP contribution in [0.5, 0.6) is 0 Å². The number of amides is 1. The Balaban J connectivity index is 1.62. The molecule has 0 aliphatic heterocycles. The summed E-state index contributed by atoms with van der Waals surface area (Å²) < 4.78 is 10.3. The summed E-state index contributed by atoms with van der Waals surface area (Å²) in [6, 6.07) is 3.46. The van der Waals surface area contributed by atoms with E-state index in [0.29, 0.717) is 22.9 Å². The first-order valence-corrected chi connectivity index (χ1v) is 7.40. The number of carbonyl (C=O) groups excluding carboxylic acids is 1. The molecule has 0 atom stereocenters. The molecule has 0 saturated carbocycles. The molecule has 11 heteroatoms. The van der Waals surface area contributed by atoms with Crippen LogP contribution in [0.1, 0.15) is 26.6 Å². The Kier molecular flexibility index (Phi) is 4.37. The van der Waals surface area contributed by atoms with E-state index in [1.54, 1.807) is 39.1 Å². The predicted octanol–water partition coefficient (Wildman–Crippen LogP) is 1.34. The lowest BCUT2D eigenvalue weighted by Crippen LogP contribution is -2.32. The van der Waals surface area contributed by atoms with Crippen LogP contribution >= 0.6 is 0 Å². The van der Waals surface area contributed by atoms with Gasteiger partial charge in [-0.1, -0.05) is 5.16 Å². The zero-order valence-electron chi connectivity index (χ0n) is 13.8. The van der Waals surface area contributed by atoms with Gasteiger partial charge in [-0.05, 0) is 38.1 Å². The molecule has 1 amide bonds. The van der Waals surface area contributed by atoms with Crippen molar-refractivity contribution in [3.05, 3.63) is 24.2 Å². The minimum absolute atomic E-state index is 0.0827. The normalized spacial score (nSPS) is 11.3. The van der Waals surface area contributed by atoms with Crippen molar-refractivity contribution in [2.45, 2.75) is 32.9 Å². The smallest absolute Gasteiger partial charge is 0.408 e. The van der Waals surface area contributed by atoms with Gasteiger partial charge in [-0.25, -0.2) is 4.79 Å². The highest BCUT2D eigenvalue weighted by Crippen LogP contribution is 2.18. The highest BCUT2D eigenvalue weighted by molar-refractivity contribution is 5.67. The maximum absolute atomic E-state index is 11.6. The highest BCUT2D eigenvalue weighted by atomic mass is 16.6. The number of nitrogens with one attached hydrogen (secondary N) is 2. The Morgan fingerprint density at radius 2 is 2.20 bits per heavy atom. The van der Waals surface area contributed by atoms with Gasteiger partial charge < -0.3 is 14.6 Å². The summed E-state index contributed by atoms with van der Waals surface area (Å²) >= 11 is 0. The van der Waals surface area contributed by atoms with Gasteiger partial charge in [0.05, 0.1) is 6.54 Å². The van der Waals surface area contributed by atoms with Crippen molar-refractivity contribution in [1.29, 1.82) is 0 Å². The summed E-state index contributed by atoms with van der Waals surface area (Å²) in [7, 11) is 0. The number of hydrogen-bond donors (Lipinski definition) is 2. The number of aromatic amines is 1. The van der Waals surface area contributed by atoms with Crippen molar-refractivity contribution >= 4 is 6.09 Å². The molecule has 3 aromatic rings. The van der Waals surface area contributed by atoms with E-state index >= 15 is 0 Å².